The van der Waals surface area contributed by atoms with Crippen LogP contribution in [0.3, 0.4) is 0 Å². The third-order valence-corrected chi connectivity index (χ3v) is 6.53. The van der Waals surface area contributed by atoms with Crippen LogP contribution in [-0.2, 0) is 6.54 Å². The summed E-state index contributed by atoms with van der Waals surface area (Å²) in [5, 5.41) is 13.7. The Morgan fingerprint density at radius 1 is 0.903 bits per heavy atom. The summed E-state index contributed by atoms with van der Waals surface area (Å²) < 4.78 is 5.84. The summed E-state index contributed by atoms with van der Waals surface area (Å²) in [5.74, 6) is 1.54. The van der Waals surface area contributed by atoms with Crippen molar-refractivity contribution in [3.8, 4) is 5.75 Å². The van der Waals surface area contributed by atoms with Crippen molar-refractivity contribution in [3.05, 3.63) is 65.7 Å². The van der Waals surface area contributed by atoms with Crippen LogP contribution in [0, 0.1) is 0 Å². The average Bonchev–Trinajstić information content (AvgIpc) is 3.08. The molecule has 0 radical (unpaired) electrons. The summed E-state index contributed by atoms with van der Waals surface area (Å²) in [5.41, 5.74) is 2.81. The van der Waals surface area contributed by atoms with Crippen LogP contribution in [0.1, 0.15) is 36.3 Å². The van der Waals surface area contributed by atoms with E-state index in [-0.39, 0.29) is 0 Å². The first-order valence-electron chi connectivity index (χ1n) is 11.9. The van der Waals surface area contributed by atoms with Gasteiger partial charge in [0.05, 0.1) is 0 Å². The summed E-state index contributed by atoms with van der Waals surface area (Å²) in [6.45, 7) is 8.42. The zero-order valence-electron chi connectivity index (χ0n) is 18.6. The van der Waals surface area contributed by atoms with Gasteiger partial charge in [0, 0.05) is 26.2 Å². The lowest BCUT2D eigenvalue weighted by molar-refractivity contribution is 0.0703. The fourth-order valence-corrected chi connectivity index (χ4v) is 4.73. The van der Waals surface area contributed by atoms with E-state index in [4.69, 9.17) is 4.74 Å². The number of aliphatic hydroxyl groups excluding tert-OH is 1. The molecular weight excluding hydrogens is 386 g/mol. The van der Waals surface area contributed by atoms with Gasteiger partial charge in [-0.15, -0.1) is 0 Å². The number of rotatable bonds is 8. The molecule has 2 aromatic carbocycles. The quantitative estimate of drug-likeness (QED) is 0.683. The normalized spacial score (nSPS) is 20.3. The number of nitrogens with zero attached hydrogens (tertiary/aromatic N) is 2. The number of hydrogen-bond donors (Lipinski definition) is 2. The lowest BCUT2D eigenvalue weighted by Crippen LogP contribution is -2.37. The van der Waals surface area contributed by atoms with Gasteiger partial charge in [0.15, 0.2) is 0 Å². The highest BCUT2D eigenvalue weighted by molar-refractivity contribution is 5.27. The second-order valence-electron chi connectivity index (χ2n) is 8.97. The molecule has 0 amide bonds. The van der Waals surface area contributed by atoms with Crippen molar-refractivity contribution in [1.82, 2.24) is 15.1 Å². The number of ether oxygens (including phenoxy) is 1. The van der Waals surface area contributed by atoms with E-state index in [1.165, 1.54) is 24.0 Å². The van der Waals surface area contributed by atoms with Gasteiger partial charge in [-0.05, 0) is 74.6 Å². The number of β-amino-alcohol motifs (C(OH)–C–C–N with tert-alkyl or cyclic N) is 1. The smallest absolute Gasteiger partial charge is 0.119 e. The topological polar surface area (TPSA) is 48.0 Å². The van der Waals surface area contributed by atoms with E-state index in [0.717, 1.165) is 58.0 Å². The van der Waals surface area contributed by atoms with Crippen LogP contribution >= 0.6 is 0 Å². The van der Waals surface area contributed by atoms with Gasteiger partial charge in [0.1, 0.15) is 18.5 Å². The van der Waals surface area contributed by atoms with Gasteiger partial charge in [-0.2, -0.15) is 0 Å². The number of nitrogens with one attached hydrogen (secondary N) is 1. The van der Waals surface area contributed by atoms with E-state index in [1.807, 2.05) is 12.1 Å². The van der Waals surface area contributed by atoms with Crippen LogP contribution in [0.25, 0.3) is 0 Å². The highest BCUT2D eigenvalue weighted by Crippen LogP contribution is 2.28. The molecular formula is C26H37N3O2. The Balaban J connectivity index is 1.17. The maximum absolute atomic E-state index is 10.3. The minimum absolute atomic E-state index is 0.344. The van der Waals surface area contributed by atoms with Crippen LogP contribution < -0.4 is 10.1 Å². The molecule has 0 saturated carbocycles. The second kappa shape index (κ2) is 11.6. The Morgan fingerprint density at radius 3 is 2.45 bits per heavy atom. The third-order valence-electron chi connectivity index (χ3n) is 6.53. The van der Waals surface area contributed by atoms with E-state index in [0.29, 0.717) is 19.1 Å². The van der Waals surface area contributed by atoms with Gasteiger partial charge in [-0.1, -0.05) is 42.5 Å². The Kier molecular flexibility index (Phi) is 8.36. The Morgan fingerprint density at radius 2 is 1.68 bits per heavy atom. The van der Waals surface area contributed by atoms with Crippen LogP contribution in [0.2, 0.25) is 0 Å². The Bertz CT molecular complexity index is 752. The predicted octanol–water partition coefficient (Wildman–Crippen LogP) is 3.10. The standard InChI is InChI=1S/C26H37N3O2/c30-25(20-28-15-4-13-27-14-18-28)21-31-26-9-7-22(8-10-26)19-29-16-11-24(12-17-29)23-5-2-1-3-6-23/h1-3,5-10,24-25,27,30H,4,11-21H2. The van der Waals surface area contributed by atoms with Crippen molar-refractivity contribution in [2.24, 2.45) is 0 Å². The molecule has 2 fully saturated rings. The van der Waals surface area contributed by atoms with Crippen LogP contribution in [0.4, 0.5) is 0 Å². The molecule has 2 aliphatic rings. The fourth-order valence-electron chi connectivity index (χ4n) is 4.73. The van der Waals surface area contributed by atoms with Gasteiger partial charge >= 0.3 is 0 Å². The summed E-state index contributed by atoms with van der Waals surface area (Å²) in [7, 11) is 0. The predicted molar refractivity (Wildman–Crippen MR) is 126 cm³/mol. The molecule has 2 heterocycles. The van der Waals surface area contributed by atoms with E-state index in [1.54, 1.807) is 0 Å². The molecule has 31 heavy (non-hydrogen) atoms. The monoisotopic (exact) mass is 423 g/mol. The highest BCUT2D eigenvalue weighted by atomic mass is 16.5. The molecule has 2 aliphatic heterocycles. The second-order valence-corrected chi connectivity index (χ2v) is 8.97. The van der Waals surface area contributed by atoms with Crippen molar-refractivity contribution >= 4 is 0 Å². The van der Waals surface area contributed by atoms with Crippen LogP contribution in [-0.4, -0.2) is 73.4 Å². The Hall–Kier alpha value is -1.92. The van der Waals surface area contributed by atoms with E-state index in [9.17, 15) is 5.11 Å². The molecule has 0 aromatic heterocycles. The molecule has 2 saturated heterocycles. The minimum atomic E-state index is -0.455. The first kappa shape index (κ1) is 22.3. The molecule has 2 aromatic rings. The molecule has 4 rings (SSSR count). The van der Waals surface area contributed by atoms with E-state index >= 15 is 0 Å². The summed E-state index contributed by atoms with van der Waals surface area (Å²) in [4.78, 5) is 4.87. The first-order chi connectivity index (χ1) is 15.3. The van der Waals surface area contributed by atoms with Gasteiger partial charge in [-0.3, -0.25) is 9.80 Å². The van der Waals surface area contributed by atoms with Gasteiger partial charge in [0.2, 0.25) is 0 Å². The van der Waals surface area contributed by atoms with Crippen molar-refractivity contribution < 1.29 is 9.84 Å². The van der Waals surface area contributed by atoms with Gasteiger partial charge < -0.3 is 15.2 Å². The molecule has 2 N–H and O–H groups in total. The van der Waals surface area contributed by atoms with Crippen LogP contribution in [0.5, 0.6) is 5.75 Å². The Labute approximate surface area is 187 Å². The summed E-state index contributed by atoms with van der Waals surface area (Å²) in [6.07, 6.45) is 3.15. The molecule has 0 bridgehead atoms. The molecule has 1 atom stereocenters. The zero-order chi connectivity index (χ0) is 21.3. The number of benzene rings is 2. The molecule has 5 heteroatoms. The van der Waals surface area contributed by atoms with Gasteiger partial charge in [0.25, 0.3) is 0 Å². The first-order valence-corrected chi connectivity index (χ1v) is 11.9. The number of hydrogen-bond acceptors (Lipinski definition) is 5. The molecule has 0 aliphatic carbocycles. The zero-order valence-corrected chi connectivity index (χ0v) is 18.6. The lowest BCUT2D eigenvalue weighted by atomic mass is 9.89. The minimum Gasteiger partial charge on any atom is -0.491 e. The SMILES string of the molecule is OC(COc1ccc(CN2CCC(c3ccccc3)CC2)cc1)CN1CCCNCC1. The number of piperidine rings is 1. The third kappa shape index (κ3) is 7.04. The van der Waals surface area contributed by atoms with Crippen LogP contribution in [0.15, 0.2) is 54.6 Å². The summed E-state index contributed by atoms with van der Waals surface area (Å²) >= 11 is 0. The van der Waals surface area contributed by atoms with Gasteiger partial charge in [-0.25, -0.2) is 0 Å². The number of likely N-dealkylation sites (tertiary alicyclic amines) is 1. The van der Waals surface area contributed by atoms with E-state index in [2.05, 4.69) is 57.6 Å². The summed E-state index contributed by atoms with van der Waals surface area (Å²) in [6, 6.07) is 19.3. The van der Waals surface area contributed by atoms with Crippen molar-refractivity contribution in [1.29, 1.82) is 0 Å². The molecule has 168 valence electrons. The maximum atomic E-state index is 10.3. The largest absolute Gasteiger partial charge is 0.491 e. The van der Waals surface area contributed by atoms with Crippen molar-refractivity contribution in [2.45, 2.75) is 37.8 Å². The van der Waals surface area contributed by atoms with E-state index < -0.39 is 6.10 Å². The van der Waals surface area contributed by atoms with Crippen molar-refractivity contribution in [3.63, 3.8) is 0 Å². The maximum Gasteiger partial charge on any atom is 0.119 e. The molecule has 5 nitrogen and oxygen atoms in total. The highest BCUT2D eigenvalue weighted by Gasteiger charge is 2.20. The van der Waals surface area contributed by atoms with Crippen molar-refractivity contribution in [2.75, 3.05) is 52.4 Å². The fraction of sp³-hybridized carbons (Fsp3) is 0.538. The molecule has 0 spiro atoms. The average molecular weight is 424 g/mol. The molecule has 1 unspecified atom stereocenters. The lowest BCUT2D eigenvalue weighted by Gasteiger charge is -2.32. The number of aliphatic hydroxyl groups is 1.